The summed E-state index contributed by atoms with van der Waals surface area (Å²) < 4.78 is 0. The first-order valence-electron chi connectivity index (χ1n) is 4.83. The molecule has 0 rings (SSSR count). The molecule has 13 heavy (non-hydrogen) atoms. The maximum absolute atomic E-state index is 9.14. The molecule has 0 heterocycles. The quantitative estimate of drug-likeness (QED) is 0.387. The first kappa shape index (κ1) is 12.4. The number of allylic oxidation sites excluding steroid dienone is 3. The van der Waals surface area contributed by atoms with Crippen LogP contribution in [-0.4, -0.2) is 29.8 Å². The summed E-state index contributed by atoms with van der Waals surface area (Å²) in [6.07, 6.45) is 10.3. The van der Waals surface area contributed by atoms with Crippen molar-refractivity contribution in [3.8, 4) is 0 Å². The van der Waals surface area contributed by atoms with Gasteiger partial charge in [0.15, 0.2) is 0 Å². The zero-order valence-electron chi connectivity index (χ0n) is 8.90. The van der Waals surface area contributed by atoms with E-state index >= 15 is 0 Å². The van der Waals surface area contributed by atoms with Crippen LogP contribution in [0.15, 0.2) is 24.3 Å². The van der Waals surface area contributed by atoms with Crippen molar-refractivity contribution in [2.45, 2.75) is 32.9 Å². The highest BCUT2D eigenvalue weighted by Crippen LogP contribution is 1.95. The summed E-state index contributed by atoms with van der Waals surface area (Å²) in [6, 6.07) is 0. The van der Waals surface area contributed by atoms with Gasteiger partial charge >= 0.3 is 0 Å². The lowest BCUT2D eigenvalue weighted by Gasteiger charge is -2.17. The van der Waals surface area contributed by atoms with Crippen molar-refractivity contribution in [3.63, 3.8) is 0 Å². The maximum Gasteiger partial charge on any atom is 0.104 e. The normalized spacial score (nSPS) is 14.8. The molecule has 2 nitrogen and oxygen atoms in total. The summed E-state index contributed by atoms with van der Waals surface area (Å²) in [5.41, 5.74) is 0. The van der Waals surface area contributed by atoms with Gasteiger partial charge in [-0.2, -0.15) is 0 Å². The molecule has 76 valence electrons. The molecule has 1 N–H and O–H groups in total. The molecule has 0 aromatic rings. The molecule has 0 radical (unpaired) electrons. The molecule has 0 aliphatic rings. The molecule has 2 heteroatoms. The van der Waals surface area contributed by atoms with Gasteiger partial charge in [0.1, 0.15) is 6.23 Å². The third-order valence-electron chi connectivity index (χ3n) is 1.93. The van der Waals surface area contributed by atoms with E-state index in [9.17, 15) is 0 Å². The molecule has 0 saturated heterocycles. The van der Waals surface area contributed by atoms with Crippen molar-refractivity contribution in [1.29, 1.82) is 0 Å². The van der Waals surface area contributed by atoms with Gasteiger partial charge in [-0.3, -0.25) is 4.90 Å². The minimum absolute atomic E-state index is 0.361. The first-order chi connectivity index (χ1) is 6.18. The van der Waals surface area contributed by atoms with Gasteiger partial charge in [-0.25, -0.2) is 0 Å². The second-order valence-corrected chi connectivity index (χ2v) is 3.19. The Bertz CT molecular complexity index is 161. The Balaban J connectivity index is 3.40. The molecule has 0 amide bonds. The average molecular weight is 183 g/mol. The molecule has 0 aromatic heterocycles. The highest BCUT2D eigenvalue weighted by Gasteiger charge is 1.99. The van der Waals surface area contributed by atoms with Crippen LogP contribution in [0.2, 0.25) is 0 Å². The highest BCUT2D eigenvalue weighted by atomic mass is 16.3. The van der Waals surface area contributed by atoms with Crippen molar-refractivity contribution in [2.24, 2.45) is 0 Å². The van der Waals surface area contributed by atoms with Gasteiger partial charge in [-0.15, -0.1) is 0 Å². The Labute approximate surface area is 81.6 Å². The maximum atomic E-state index is 9.14. The van der Waals surface area contributed by atoms with Gasteiger partial charge in [0.05, 0.1) is 0 Å². The van der Waals surface area contributed by atoms with E-state index in [-0.39, 0.29) is 6.23 Å². The van der Waals surface area contributed by atoms with E-state index in [2.05, 4.69) is 24.3 Å². The number of aliphatic hydroxyl groups is 1. The van der Waals surface area contributed by atoms with Crippen LogP contribution in [-0.2, 0) is 0 Å². The van der Waals surface area contributed by atoms with Gasteiger partial charge in [-0.05, 0) is 33.7 Å². The Morgan fingerprint density at radius 3 is 2.38 bits per heavy atom. The number of nitrogens with zero attached hydrogens (tertiary/aromatic N) is 1. The van der Waals surface area contributed by atoms with E-state index in [4.69, 9.17) is 5.11 Å². The topological polar surface area (TPSA) is 23.5 Å². The lowest BCUT2D eigenvalue weighted by molar-refractivity contribution is 0.0469. The van der Waals surface area contributed by atoms with Gasteiger partial charge < -0.3 is 5.11 Å². The fraction of sp³-hybridized carbons (Fsp3) is 0.636. The summed E-state index contributed by atoms with van der Waals surface area (Å²) in [5, 5.41) is 9.14. The monoisotopic (exact) mass is 183 g/mol. The number of aliphatic hydroxyl groups excluding tert-OH is 1. The Morgan fingerprint density at radius 2 is 1.85 bits per heavy atom. The molecule has 0 fully saturated rings. The summed E-state index contributed by atoms with van der Waals surface area (Å²) in [6.45, 7) is 4.62. The number of hydrogen-bond donors (Lipinski definition) is 1. The first-order valence-corrected chi connectivity index (χ1v) is 4.83. The van der Waals surface area contributed by atoms with Crippen molar-refractivity contribution < 1.29 is 5.11 Å². The number of rotatable bonds is 6. The van der Waals surface area contributed by atoms with Gasteiger partial charge in [0.25, 0.3) is 0 Å². The van der Waals surface area contributed by atoms with Crippen LogP contribution in [0.3, 0.4) is 0 Å². The summed E-state index contributed by atoms with van der Waals surface area (Å²) in [7, 11) is 1.90. The third-order valence-corrected chi connectivity index (χ3v) is 1.93. The van der Waals surface area contributed by atoms with Crippen LogP contribution in [0.1, 0.15) is 26.7 Å². The van der Waals surface area contributed by atoms with Crippen LogP contribution in [0.4, 0.5) is 0 Å². The second-order valence-electron chi connectivity index (χ2n) is 3.19. The third kappa shape index (κ3) is 7.75. The average Bonchev–Trinajstić information content (AvgIpc) is 2.10. The molecular weight excluding hydrogens is 162 g/mol. The molecule has 0 bridgehead atoms. The SMILES string of the molecule is CC=CCCC=CCN(C)C(C)O. The van der Waals surface area contributed by atoms with Gasteiger partial charge in [-0.1, -0.05) is 24.3 Å². The van der Waals surface area contributed by atoms with Crippen LogP contribution < -0.4 is 0 Å². The van der Waals surface area contributed by atoms with E-state index in [1.807, 2.05) is 18.9 Å². The lowest BCUT2D eigenvalue weighted by atomic mass is 10.2. The van der Waals surface area contributed by atoms with Crippen LogP contribution in [0.25, 0.3) is 0 Å². The van der Waals surface area contributed by atoms with Crippen molar-refractivity contribution in [1.82, 2.24) is 4.90 Å². The summed E-state index contributed by atoms with van der Waals surface area (Å²) >= 11 is 0. The summed E-state index contributed by atoms with van der Waals surface area (Å²) in [4.78, 5) is 1.88. The Hall–Kier alpha value is -0.600. The Kier molecular flexibility index (Phi) is 7.65. The minimum Gasteiger partial charge on any atom is -0.379 e. The molecule has 0 saturated carbocycles. The lowest BCUT2D eigenvalue weighted by Crippen LogP contribution is -2.28. The fourth-order valence-corrected chi connectivity index (χ4v) is 0.870. The van der Waals surface area contributed by atoms with Crippen molar-refractivity contribution in [3.05, 3.63) is 24.3 Å². The molecule has 1 atom stereocenters. The fourth-order valence-electron chi connectivity index (χ4n) is 0.870. The largest absolute Gasteiger partial charge is 0.379 e. The van der Waals surface area contributed by atoms with Crippen LogP contribution >= 0.6 is 0 Å². The van der Waals surface area contributed by atoms with Gasteiger partial charge in [0.2, 0.25) is 0 Å². The standard InChI is InChI=1S/C11H21NO/c1-4-5-6-7-8-9-10-12(3)11(2)13/h4-5,8-9,11,13H,6-7,10H2,1-3H3. The Morgan fingerprint density at radius 1 is 1.23 bits per heavy atom. The molecule has 0 spiro atoms. The van der Waals surface area contributed by atoms with E-state index in [1.54, 1.807) is 6.92 Å². The molecule has 1 unspecified atom stereocenters. The van der Waals surface area contributed by atoms with Crippen LogP contribution in [0, 0.1) is 0 Å². The van der Waals surface area contributed by atoms with Crippen molar-refractivity contribution in [2.75, 3.05) is 13.6 Å². The number of likely N-dealkylation sites (N-methyl/N-ethyl adjacent to an activating group) is 1. The highest BCUT2D eigenvalue weighted by molar-refractivity contribution is 4.88. The molecular formula is C11H21NO. The molecule has 0 aliphatic heterocycles. The minimum atomic E-state index is -0.361. The molecule has 0 aliphatic carbocycles. The van der Waals surface area contributed by atoms with Crippen molar-refractivity contribution >= 4 is 0 Å². The second kappa shape index (κ2) is 8.02. The summed E-state index contributed by atoms with van der Waals surface area (Å²) in [5.74, 6) is 0. The molecule has 0 aromatic carbocycles. The number of unbranched alkanes of at least 4 members (excludes halogenated alkanes) is 1. The van der Waals surface area contributed by atoms with E-state index in [0.717, 1.165) is 19.4 Å². The smallest absolute Gasteiger partial charge is 0.104 e. The van der Waals surface area contributed by atoms with E-state index in [0.29, 0.717) is 0 Å². The zero-order valence-corrected chi connectivity index (χ0v) is 8.90. The predicted molar refractivity (Wildman–Crippen MR) is 57.5 cm³/mol. The zero-order chi connectivity index (χ0) is 10.1. The predicted octanol–water partition coefficient (Wildman–Crippen LogP) is 2.17. The van der Waals surface area contributed by atoms with E-state index < -0.39 is 0 Å². The van der Waals surface area contributed by atoms with E-state index in [1.165, 1.54) is 0 Å². The van der Waals surface area contributed by atoms with Crippen LogP contribution in [0.5, 0.6) is 0 Å². The van der Waals surface area contributed by atoms with Gasteiger partial charge in [0, 0.05) is 6.54 Å². The number of hydrogen-bond acceptors (Lipinski definition) is 2.